The van der Waals surface area contributed by atoms with Crippen LogP contribution in [-0.2, 0) is 0 Å². The van der Waals surface area contributed by atoms with Crippen LogP contribution in [0.5, 0.6) is 0 Å². The molecule has 9 aromatic rings. The first-order valence-electron chi connectivity index (χ1n) is 17.3. The van der Waals surface area contributed by atoms with Gasteiger partial charge in [-0.3, -0.25) is 0 Å². The Labute approximate surface area is 306 Å². The fourth-order valence-corrected chi connectivity index (χ4v) is 9.77. The molecule has 0 fully saturated rings. The molecule has 2 heterocycles. The molecule has 51 heavy (non-hydrogen) atoms. The van der Waals surface area contributed by atoms with Crippen LogP contribution in [0.3, 0.4) is 0 Å². The summed E-state index contributed by atoms with van der Waals surface area (Å²) in [5, 5.41) is 2.51. The first-order chi connectivity index (χ1) is 25.3. The fourth-order valence-electron chi connectivity index (χ4n) is 7.55. The van der Waals surface area contributed by atoms with Gasteiger partial charge < -0.3 is 4.57 Å². The fraction of sp³-hybridized carbons (Fsp3) is 0. The zero-order chi connectivity index (χ0) is 33.7. The lowest BCUT2D eigenvalue weighted by molar-refractivity contribution is 1.18. The van der Waals surface area contributed by atoms with Crippen molar-refractivity contribution in [3.63, 3.8) is 0 Å². The maximum atomic E-state index is 2.41. The van der Waals surface area contributed by atoms with E-state index in [1.165, 1.54) is 91.6 Å². The third kappa shape index (κ3) is 5.20. The zero-order valence-corrected chi connectivity index (χ0v) is 29.3. The van der Waals surface area contributed by atoms with Crippen LogP contribution in [0.25, 0.3) is 72.0 Å². The highest BCUT2D eigenvalue weighted by Gasteiger charge is 2.23. The highest BCUT2D eigenvalue weighted by molar-refractivity contribution is 8.00. The molecular weight excluding hydrogens is 655 g/mol. The minimum absolute atomic E-state index is 1.17. The minimum atomic E-state index is 1.17. The number of hydrogen-bond donors (Lipinski definition) is 0. The second-order valence-electron chi connectivity index (χ2n) is 12.9. The normalized spacial score (nSPS) is 12.2. The summed E-state index contributed by atoms with van der Waals surface area (Å²) in [7, 11) is 0. The van der Waals surface area contributed by atoms with Gasteiger partial charge in [0.05, 0.1) is 11.0 Å². The Hall–Kier alpha value is -5.74. The lowest BCUT2D eigenvalue weighted by atomic mass is 9.91. The van der Waals surface area contributed by atoms with Gasteiger partial charge in [0.2, 0.25) is 0 Å². The van der Waals surface area contributed by atoms with Crippen LogP contribution in [0, 0.1) is 0 Å². The summed E-state index contributed by atoms with van der Waals surface area (Å²) < 4.78 is 2.39. The van der Waals surface area contributed by atoms with Gasteiger partial charge in [0, 0.05) is 41.6 Å². The maximum absolute atomic E-state index is 2.41. The Balaban J connectivity index is 1.26. The molecule has 0 bridgehead atoms. The van der Waals surface area contributed by atoms with Gasteiger partial charge in [-0.15, -0.1) is 0 Å². The van der Waals surface area contributed by atoms with Gasteiger partial charge in [-0.2, -0.15) is 0 Å². The minimum Gasteiger partial charge on any atom is -0.309 e. The monoisotopic (exact) mass is 685 g/mol. The predicted octanol–water partition coefficient (Wildman–Crippen LogP) is 14.1. The van der Waals surface area contributed by atoms with Crippen molar-refractivity contribution in [3.05, 3.63) is 188 Å². The van der Waals surface area contributed by atoms with Crippen molar-refractivity contribution in [2.45, 2.75) is 19.6 Å². The Bertz CT molecular complexity index is 2740. The molecule has 0 saturated carbocycles. The van der Waals surface area contributed by atoms with Gasteiger partial charge in [-0.1, -0.05) is 151 Å². The molecule has 8 aromatic carbocycles. The van der Waals surface area contributed by atoms with E-state index >= 15 is 0 Å². The highest BCUT2D eigenvalue weighted by Crippen LogP contribution is 2.52. The van der Waals surface area contributed by atoms with Crippen LogP contribution in [0.15, 0.2) is 208 Å². The molecular formula is C48H31NS2. The van der Waals surface area contributed by atoms with Crippen molar-refractivity contribution < 1.29 is 0 Å². The van der Waals surface area contributed by atoms with Crippen molar-refractivity contribution >= 4 is 45.3 Å². The van der Waals surface area contributed by atoms with Gasteiger partial charge in [0.1, 0.15) is 0 Å². The van der Waals surface area contributed by atoms with Crippen LogP contribution in [0.4, 0.5) is 0 Å². The summed E-state index contributed by atoms with van der Waals surface area (Å²) in [4.78, 5) is 5.01. The second kappa shape index (κ2) is 12.5. The molecule has 240 valence electrons. The van der Waals surface area contributed by atoms with E-state index in [0.717, 1.165) is 0 Å². The third-order valence-corrected chi connectivity index (χ3v) is 12.2. The molecule has 0 unspecified atom stereocenters. The van der Waals surface area contributed by atoms with Crippen LogP contribution < -0.4 is 0 Å². The van der Waals surface area contributed by atoms with E-state index in [-0.39, 0.29) is 0 Å². The van der Waals surface area contributed by atoms with Crippen LogP contribution >= 0.6 is 23.5 Å². The number of benzene rings is 8. The molecule has 0 atom stereocenters. The summed E-state index contributed by atoms with van der Waals surface area (Å²) in [5.74, 6) is 0. The zero-order valence-electron chi connectivity index (χ0n) is 27.7. The van der Waals surface area contributed by atoms with Crippen molar-refractivity contribution in [1.82, 2.24) is 4.57 Å². The van der Waals surface area contributed by atoms with E-state index in [1.54, 1.807) is 0 Å². The quantitative estimate of drug-likeness (QED) is 0.182. The highest BCUT2D eigenvalue weighted by atomic mass is 32.2. The topological polar surface area (TPSA) is 4.93 Å². The smallest absolute Gasteiger partial charge is 0.0541 e. The average Bonchev–Trinajstić information content (AvgIpc) is 3.53. The predicted molar refractivity (Wildman–Crippen MR) is 217 cm³/mol. The summed E-state index contributed by atoms with van der Waals surface area (Å²) in [6.45, 7) is 0. The van der Waals surface area contributed by atoms with Gasteiger partial charge >= 0.3 is 0 Å². The molecule has 0 saturated heterocycles. The molecule has 1 aliphatic heterocycles. The first kappa shape index (κ1) is 30.1. The van der Waals surface area contributed by atoms with Crippen molar-refractivity contribution in [1.29, 1.82) is 0 Å². The molecule has 3 heteroatoms. The second-order valence-corrected chi connectivity index (χ2v) is 15.0. The molecule has 0 radical (unpaired) electrons. The molecule has 1 aliphatic rings. The lowest BCUT2D eigenvalue weighted by Crippen LogP contribution is -1.95. The summed E-state index contributed by atoms with van der Waals surface area (Å²) in [6.07, 6.45) is 0. The first-order valence-corrected chi connectivity index (χ1v) is 18.9. The van der Waals surface area contributed by atoms with Crippen molar-refractivity contribution in [3.8, 4) is 50.2 Å². The van der Waals surface area contributed by atoms with E-state index in [4.69, 9.17) is 0 Å². The number of rotatable bonds is 3. The Morgan fingerprint density at radius 3 is 1.67 bits per heavy atom. The molecule has 10 rings (SSSR count). The largest absolute Gasteiger partial charge is 0.309 e. The van der Waals surface area contributed by atoms with Gasteiger partial charge in [0.25, 0.3) is 0 Å². The van der Waals surface area contributed by atoms with Crippen LogP contribution in [0.1, 0.15) is 0 Å². The van der Waals surface area contributed by atoms with Crippen LogP contribution in [0.2, 0.25) is 0 Å². The van der Waals surface area contributed by atoms with E-state index in [9.17, 15) is 0 Å². The molecule has 0 amide bonds. The van der Waals surface area contributed by atoms with Gasteiger partial charge in [0.15, 0.2) is 0 Å². The van der Waals surface area contributed by atoms with Crippen LogP contribution in [-0.4, -0.2) is 4.57 Å². The van der Waals surface area contributed by atoms with Gasteiger partial charge in [-0.25, -0.2) is 0 Å². The van der Waals surface area contributed by atoms with Gasteiger partial charge in [-0.05, 0) is 99.6 Å². The number of fused-ring (bicyclic) bond motifs is 9. The SMILES string of the molecule is c1ccc(-c2ccc3c(c2)-c2c(cccc2-c2ccc4c(c2)c2ccccc2n4-c2ccccc2)Sc2ccccc2-c2ccccc2S3)cc1. The van der Waals surface area contributed by atoms with E-state index in [0.29, 0.717) is 0 Å². The summed E-state index contributed by atoms with van der Waals surface area (Å²) in [6, 6.07) is 68.8. The summed E-state index contributed by atoms with van der Waals surface area (Å²) in [5.41, 5.74) is 13.5. The van der Waals surface area contributed by atoms with Crippen molar-refractivity contribution in [2.24, 2.45) is 0 Å². The lowest BCUT2D eigenvalue weighted by Gasteiger charge is -2.23. The Kier molecular flexibility index (Phi) is 7.41. The number of aromatic nitrogens is 1. The molecule has 0 N–H and O–H groups in total. The Morgan fingerprint density at radius 2 is 0.882 bits per heavy atom. The molecule has 0 spiro atoms. The van der Waals surface area contributed by atoms with Crippen molar-refractivity contribution in [2.75, 3.05) is 0 Å². The maximum Gasteiger partial charge on any atom is 0.0541 e. The average molecular weight is 686 g/mol. The molecule has 0 aliphatic carbocycles. The number of para-hydroxylation sites is 2. The summed E-state index contributed by atoms with van der Waals surface area (Å²) >= 11 is 3.74. The third-order valence-electron chi connectivity index (χ3n) is 9.88. The van der Waals surface area contributed by atoms with E-state index in [1.807, 2.05) is 23.5 Å². The Morgan fingerprint density at radius 1 is 0.314 bits per heavy atom. The van der Waals surface area contributed by atoms with E-state index < -0.39 is 0 Å². The number of nitrogens with zero attached hydrogens (tertiary/aromatic N) is 1. The molecule has 1 nitrogen and oxygen atoms in total. The standard InChI is InChI=1S/C48H31NS2/c1-3-14-32(15-4-1)33-27-29-46-41(30-33)48-36(21-13-25-47(48)51-45-24-12-9-20-39(45)38-19-8-11-23-44(38)50-46)34-26-28-43-40(31-34)37-18-7-10-22-42(37)49(43)35-16-5-2-6-17-35/h1-31H. The molecule has 1 aromatic heterocycles. The van der Waals surface area contributed by atoms with E-state index in [2.05, 4.69) is 193 Å². The number of hydrogen-bond acceptors (Lipinski definition) is 2.